The lowest BCUT2D eigenvalue weighted by Crippen LogP contribution is -1.86. The van der Waals surface area contributed by atoms with Crippen LogP contribution in [0.15, 0.2) is 18.2 Å². The highest BCUT2D eigenvalue weighted by molar-refractivity contribution is 5.98. The molecule has 0 saturated carbocycles. The van der Waals surface area contributed by atoms with E-state index in [9.17, 15) is 9.18 Å². The van der Waals surface area contributed by atoms with Crippen LogP contribution in [0.1, 0.15) is 23.0 Å². The Morgan fingerprint density at radius 2 is 2.29 bits per heavy atom. The van der Waals surface area contributed by atoms with Gasteiger partial charge >= 0.3 is 0 Å². The summed E-state index contributed by atoms with van der Waals surface area (Å²) in [5.41, 5.74) is 2.24. The van der Waals surface area contributed by atoms with E-state index in [-0.39, 0.29) is 5.82 Å². The van der Waals surface area contributed by atoms with E-state index < -0.39 is 0 Å². The molecule has 0 aliphatic carbocycles. The first kappa shape index (κ1) is 8.94. The Balaban J connectivity index is 2.81. The predicted molar refractivity (Wildman–Crippen MR) is 53.0 cm³/mol. The molecule has 14 heavy (non-hydrogen) atoms. The van der Waals surface area contributed by atoms with E-state index in [1.807, 2.05) is 6.92 Å². The maximum atomic E-state index is 12.9. The molecule has 1 aromatic carbocycles. The quantitative estimate of drug-likeness (QED) is 0.727. The molecule has 0 radical (unpaired) electrons. The molecular formula is C11H10FNO. The predicted octanol–water partition coefficient (Wildman–Crippen LogP) is 2.68. The van der Waals surface area contributed by atoms with Crippen LogP contribution < -0.4 is 0 Å². The average Bonchev–Trinajstić information content (AvgIpc) is 2.54. The molecule has 1 aromatic heterocycles. The third-order valence-corrected chi connectivity index (χ3v) is 2.35. The Morgan fingerprint density at radius 3 is 2.93 bits per heavy atom. The zero-order chi connectivity index (χ0) is 10.1. The van der Waals surface area contributed by atoms with Gasteiger partial charge in [-0.05, 0) is 24.6 Å². The fraction of sp³-hybridized carbons (Fsp3) is 0.182. The van der Waals surface area contributed by atoms with Crippen molar-refractivity contribution in [1.29, 1.82) is 0 Å². The summed E-state index contributed by atoms with van der Waals surface area (Å²) in [5.74, 6) is -0.317. The smallest absolute Gasteiger partial charge is 0.152 e. The van der Waals surface area contributed by atoms with Crippen LogP contribution in [0, 0.1) is 5.82 Å². The van der Waals surface area contributed by atoms with Crippen LogP contribution in [-0.2, 0) is 6.42 Å². The Kier molecular flexibility index (Phi) is 2.08. The van der Waals surface area contributed by atoms with E-state index in [4.69, 9.17) is 0 Å². The summed E-state index contributed by atoms with van der Waals surface area (Å²) in [7, 11) is 0. The summed E-state index contributed by atoms with van der Waals surface area (Å²) in [6, 6.07) is 4.42. The van der Waals surface area contributed by atoms with Crippen LogP contribution in [0.5, 0.6) is 0 Å². The standard InChI is InChI=1S/C11H10FNO/c1-2-10-9(6-14)8-5-7(12)3-4-11(8)13-10/h3-6,13H,2H2,1H3. The number of aromatic nitrogens is 1. The van der Waals surface area contributed by atoms with Gasteiger partial charge in [0, 0.05) is 22.2 Å². The van der Waals surface area contributed by atoms with Crippen molar-refractivity contribution in [3.05, 3.63) is 35.3 Å². The van der Waals surface area contributed by atoms with Crippen LogP contribution in [0.3, 0.4) is 0 Å². The first-order valence-electron chi connectivity index (χ1n) is 4.51. The number of rotatable bonds is 2. The van der Waals surface area contributed by atoms with Crippen molar-refractivity contribution in [1.82, 2.24) is 4.98 Å². The molecule has 3 heteroatoms. The monoisotopic (exact) mass is 191 g/mol. The maximum absolute atomic E-state index is 12.9. The molecule has 0 atom stereocenters. The van der Waals surface area contributed by atoms with Crippen LogP contribution in [-0.4, -0.2) is 11.3 Å². The van der Waals surface area contributed by atoms with E-state index in [2.05, 4.69) is 4.98 Å². The van der Waals surface area contributed by atoms with Gasteiger partial charge in [-0.25, -0.2) is 4.39 Å². The van der Waals surface area contributed by atoms with Gasteiger partial charge in [0.25, 0.3) is 0 Å². The first-order valence-corrected chi connectivity index (χ1v) is 4.51. The second-order valence-corrected chi connectivity index (χ2v) is 3.18. The fourth-order valence-electron chi connectivity index (χ4n) is 1.65. The van der Waals surface area contributed by atoms with E-state index in [0.717, 1.165) is 23.9 Å². The second-order valence-electron chi connectivity index (χ2n) is 3.18. The van der Waals surface area contributed by atoms with Gasteiger partial charge in [-0.2, -0.15) is 0 Å². The van der Waals surface area contributed by atoms with Crippen molar-refractivity contribution >= 4 is 17.2 Å². The Hall–Kier alpha value is -1.64. The number of hydrogen-bond donors (Lipinski definition) is 1. The number of carbonyl (C=O) groups excluding carboxylic acids is 1. The van der Waals surface area contributed by atoms with Gasteiger partial charge in [0.05, 0.1) is 0 Å². The van der Waals surface area contributed by atoms with Gasteiger partial charge in [-0.1, -0.05) is 6.92 Å². The number of halogens is 1. The van der Waals surface area contributed by atoms with Crippen molar-refractivity contribution in [2.24, 2.45) is 0 Å². The summed E-state index contributed by atoms with van der Waals surface area (Å²) in [4.78, 5) is 13.9. The SMILES string of the molecule is CCc1[nH]c2ccc(F)cc2c1C=O. The lowest BCUT2D eigenvalue weighted by Gasteiger charge is -1.91. The topological polar surface area (TPSA) is 32.9 Å². The van der Waals surface area contributed by atoms with E-state index in [0.29, 0.717) is 10.9 Å². The number of H-pyrrole nitrogens is 1. The molecular weight excluding hydrogens is 181 g/mol. The Bertz CT molecular complexity index is 487. The Morgan fingerprint density at radius 1 is 1.50 bits per heavy atom. The molecule has 2 rings (SSSR count). The van der Waals surface area contributed by atoms with Crippen molar-refractivity contribution in [2.45, 2.75) is 13.3 Å². The van der Waals surface area contributed by atoms with Gasteiger partial charge in [0.15, 0.2) is 6.29 Å². The third-order valence-electron chi connectivity index (χ3n) is 2.35. The van der Waals surface area contributed by atoms with Crippen molar-refractivity contribution < 1.29 is 9.18 Å². The Labute approximate surface area is 80.7 Å². The molecule has 1 heterocycles. The fourth-order valence-corrected chi connectivity index (χ4v) is 1.65. The summed E-state index contributed by atoms with van der Waals surface area (Å²) in [6.45, 7) is 1.95. The molecule has 72 valence electrons. The summed E-state index contributed by atoms with van der Waals surface area (Å²) in [5, 5.41) is 0.664. The van der Waals surface area contributed by atoms with Crippen molar-refractivity contribution in [3.63, 3.8) is 0 Å². The number of aryl methyl sites for hydroxylation is 1. The number of fused-ring (bicyclic) bond motifs is 1. The van der Waals surface area contributed by atoms with Gasteiger partial charge in [-0.3, -0.25) is 4.79 Å². The molecule has 2 nitrogen and oxygen atoms in total. The zero-order valence-corrected chi connectivity index (χ0v) is 7.80. The van der Waals surface area contributed by atoms with Gasteiger partial charge in [-0.15, -0.1) is 0 Å². The van der Waals surface area contributed by atoms with Gasteiger partial charge in [0.2, 0.25) is 0 Å². The lowest BCUT2D eigenvalue weighted by atomic mass is 10.1. The van der Waals surface area contributed by atoms with E-state index >= 15 is 0 Å². The minimum absolute atomic E-state index is 0.317. The highest BCUT2D eigenvalue weighted by Crippen LogP contribution is 2.22. The lowest BCUT2D eigenvalue weighted by molar-refractivity contribution is 0.112. The van der Waals surface area contributed by atoms with E-state index in [1.165, 1.54) is 12.1 Å². The molecule has 0 amide bonds. The molecule has 0 aliphatic heterocycles. The molecule has 0 spiro atoms. The summed E-state index contributed by atoms with van der Waals surface area (Å²) < 4.78 is 12.9. The molecule has 0 unspecified atom stereocenters. The number of aldehydes is 1. The number of carbonyl (C=O) groups is 1. The third kappa shape index (κ3) is 1.21. The molecule has 0 bridgehead atoms. The maximum Gasteiger partial charge on any atom is 0.152 e. The van der Waals surface area contributed by atoms with Crippen molar-refractivity contribution in [3.8, 4) is 0 Å². The molecule has 0 aliphatic rings. The van der Waals surface area contributed by atoms with E-state index in [1.54, 1.807) is 6.07 Å². The van der Waals surface area contributed by atoms with Crippen LogP contribution >= 0.6 is 0 Å². The minimum atomic E-state index is -0.317. The number of aromatic amines is 1. The van der Waals surface area contributed by atoms with Gasteiger partial charge in [0.1, 0.15) is 5.82 Å². The summed E-state index contributed by atoms with van der Waals surface area (Å²) in [6.07, 6.45) is 1.52. The zero-order valence-electron chi connectivity index (χ0n) is 7.80. The molecule has 2 aromatic rings. The van der Waals surface area contributed by atoms with Crippen LogP contribution in [0.4, 0.5) is 4.39 Å². The highest BCUT2D eigenvalue weighted by atomic mass is 19.1. The normalized spacial score (nSPS) is 10.7. The number of hydrogen-bond acceptors (Lipinski definition) is 1. The number of nitrogens with one attached hydrogen (secondary N) is 1. The second kappa shape index (κ2) is 3.25. The largest absolute Gasteiger partial charge is 0.358 e. The molecule has 1 N–H and O–H groups in total. The first-order chi connectivity index (χ1) is 6.76. The van der Waals surface area contributed by atoms with Gasteiger partial charge < -0.3 is 4.98 Å². The molecule has 0 saturated heterocycles. The van der Waals surface area contributed by atoms with Crippen LogP contribution in [0.2, 0.25) is 0 Å². The highest BCUT2D eigenvalue weighted by Gasteiger charge is 2.09. The average molecular weight is 191 g/mol. The number of benzene rings is 1. The van der Waals surface area contributed by atoms with Crippen molar-refractivity contribution in [2.75, 3.05) is 0 Å². The summed E-state index contributed by atoms with van der Waals surface area (Å²) >= 11 is 0. The van der Waals surface area contributed by atoms with Crippen LogP contribution in [0.25, 0.3) is 10.9 Å². The molecule has 0 fully saturated rings. The minimum Gasteiger partial charge on any atom is -0.358 e.